The summed E-state index contributed by atoms with van der Waals surface area (Å²) in [6, 6.07) is 39.5. The van der Waals surface area contributed by atoms with Crippen LogP contribution in [0.5, 0.6) is 11.5 Å². The van der Waals surface area contributed by atoms with Crippen molar-refractivity contribution in [2.75, 3.05) is 13.7 Å². The zero-order valence-corrected chi connectivity index (χ0v) is 27.7. The van der Waals surface area contributed by atoms with E-state index in [9.17, 15) is 19.5 Å². The van der Waals surface area contributed by atoms with E-state index in [1.807, 2.05) is 36.4 Å². The summed E-state index contributed by atoms with van der Waals surface area (Å²) in [7, 11) is 1.60. The van der Waals surface area contributed by atoms with E-state index in [-0.39, 0.29) is 16.7 Å². The average Bonchev–Trinajstić information content (AvgIpc) is 3.18. The van der Waals surface area contributed by atoms with Gasteiger partial charge in [-0.05, 0) is 65.7 Å². The molecule has 51 heavy (non-hydrogen) atoms. The molecule has 1 N–H and O–H groups in total. The number of rotatable bonds is 12. The lowest BCUT2D eigenvalue weighted by Crippen LogP contribution is -2.63. The van der Waals surface area contributed by atoms with Gasteiger partial charge in [0, 0.05) is 6.42 Å². The molecule has 0 aromatic heterocycles. The number of hydrogen-bond donors (Lipinski definition) is 1. The fraction of sp³-hybridized carbons (Fsp3) is 0.195. The minimum absolute atomic E-state index is 0.202. The molecule has 1 heterocycles. The van der Waals surface area contributed by atoms with Crippen molar-refractivity contribution in [1.82, 2.24) is 0 Å². The Labute approximate surface area is 295 Å². The first-order valence-corrected chi connectivity index (χ1v) is 16.4. The first-order chi connectivity index (χ1) is 24.9. The predicted octanol–water partition coefficient (Wildman–Crippen LogP) is 6.06. The van der Waals surface area contributed by atoms with Crippen LogP contribution < -0.4 is 9.47 Å². The molecule has 1 aliphatic rings. The van der Waals surface area contributed by atoms with Gasteiger partial charge < -0.3 is 33.5 Å². The van der Waals surface area contributed by atoms with Crippen LogP contribution in [0, 0.1) is 0 Å². The van der Waals surface area contributed by atoms with E-state index in [1.165, 1.54) is 0 Å². The van der Waals surface area contributed by atoms with Crippen LogP contribution in [0.15, 0.2) is 140 Å². The minimum Gasteiger partial charge on any atom is -0.497 e. The van der Waals surface area contributed by atoms with Crippen LogP contribution in [0.2, 0.25) is 0 Å². The van der Waals surface area contributed by atoms with Crippen molar-refractivity contribution in [2.45, 2.75) is 37.1 Å². The third kappa shape index (κ3) is 8.61. The maximum Gasteiger partial charge on any atom is 0.338 e. The third-order valence-corrected chi connectivity index (χ3v) is 8.30. The van der Waals surface area contributed by atoms with E-state index in [0.717, 1.165) is 16.9 Å². The van der Waals surface area contributed by atoms with Gasteiger partial charge in [-0.3, -0.25) is 0 Å². The number of esters is 3. The highest BCUT2D eigenvalue weighted by Crippen LogP contribution is 2.33. The number of methoxy groups -OCH3 is 1. The Kier molecular flexibility index (Phi) is 11.4. The Morgan fingerprint density at radius 2 is 1.06 bits per heavy atom. The zero-order valence-electron chi connectivity index (χ0n) is 27.7. The van der Waals surface area contributed by atoms with Gasteiger partial charge in [0.25, 0.3) is 0 Å². The molecule has 0 radical (unpaired) electrons. The largest absolute Gasteiger partial charge is 0.497 e. The van der Waals surface area contributed by atoms with Gasteiger partial charge in [-0.25, -0.2) is 14.4 Å². The number of aliphatic hydroxyl groups excluding tert-OH is 1. The predicted molar refractivity (Wildman–Crippen MR) is 186 cm³/mol. The second-order valence-corrected chi connectivity index (χ2v) is 11.7. The summed E-state index contributed by atoms with van der Waals surface area (Å²) in [5.74, 6) is -1.19. The van der Waals surface area contributed by atoms with Gasteiger partial charge in [0.05, 0.1) is 30.4 Å². The Morgan fingerprint density at radius 3 is 1.57 bits per heavy atom. The lowest BCUT2D eigenvalue weighted by atomic mass is 9.97. The molecule has 0 aliphatic carbocycles. The molecule has 0 bridgehead atoms. The van der Waals surface area contributed by atoms with Crippen LogP contribution in [0.1, 0.15) is 42.2 Å². The highest BCUT2D eigenvalue weighted by atomic mass is 16.7. The van der Waals surface area contributed by atoms with Gasteiger partial charge in [0.15, 0.2) is 12.2 Å². The Bertz CT molecular complexity index is 1900. The molecule has 260 valence electrons. The molecular weight excluding hydrogens is 652 g/mol. The summed E-state index contributed by atoms with van der Waals surface area (Å²) < 4.78 is 36.0. The van der Waals surface area contributed by atoms with Gasteiger partial charge >= 0.3 is 17.9 Å². The number of ether oxygens (including phenoxy) is 6. The fourth-order valence-electron chi connectivity index (χ4n) is 5.67. The monoisotopic (exact) mass is 688 g/mol. The SMILES string of the molecule is COc1ccc(Cc2ccccc2O[C@@H]2O[C@H](CO)[C@@H](OC(=O)c3ccccc3)[C@H](OC(=O)c3ccccc3)[C@H]2OC(=O)c2ccccc2)cc1. The van der Waals surface area contributed by atoms with Gasteiger partial charge in [0.1, 0.15) is 17.6 Å². The molecule has 10 heteroatoms. The topological polar surface area (TPSA) is 127 Å². The van der Waals surface area contributed by atoms with E-state index < -0.39 is 55.2 Å². The molecule has 5 aromatic carbocycles. The molecule has 0 amide bonds. The highest BCUT2D eigenvalue weighted by molar-refractivity contribution is 5.91. The Balaban J connectivity index is 1.38. The summed E-state index contributed by atoms with van der Waals surface area (Å²) >= 11 is 0. The van der Waals surface area contributed by atoms with Gasteiger partial charge in [-0.1, -0.05) is 84.9 Å². The molecule has 5 aromatic rings. The molecule has 0 saturated carbocycles. The zero-order chi connectivity index (χ0) is 35.6. The van der Waals surface area contributed by atoms with Crippen LogP contribution in [-0.2, 0) is 25.4 Å². The molecule has 1 aliphatic heterocycles. The lowest BCUT2D eigenvalue weighted by molar-refractivity contribution is -0.275. The smallest absolute Gasteiger partial charge is 0.338 e. The van der Waals surface area contributed by atoms with Crippen molar-refractivity contribution < 1.29 is 47.9 Å². The summed E-state index contributed by atoms with van der Waals surface area (Å²) in [5.41, 5.74) is 2.38. The van der Waals surface area contributed by atoms with Gasteiger partial charge in [0.2, 0.25) is 12.4 Å². The molecule has 0 spiro atoms. The second-order valence-electron chi connectivity index (χ2n) is 11.7. The molecule has 0 unspecified atom stereocenters. The maximum atomic E-state index is 13.6. The van der Waals surface area contributed by atoms with Crippen LogP contribution in [0.25, 0.3) is 0 Å². The first kappa shape index (κ1) is 34.9. The van der Waals surface area contributed by atoms with E-state index in [1.54, 1.807) is 110 Å². The number of hydrogen-bond acceptors (Lipinski definition) is 10. The highest BCUT2D eigenvalue weighted by Gasteiger charge is 2.53. The second kappa shape index (κ2) is 16.6. The first-order valence-electron chi connectivity index (χ1n) is 16.4. The van der Waals surface area contributed by atoms with E-state index in [0.29, 0.717) is 12.2 Å². The van der Waals surface area contributed by atoms with Crippen molar-refractivity contribution in [2.24, 2.45) is 0 Å². The standard InChI is InChI=1S/C41H36O10/c1-46-32-23-21-27(22-24-32)25-31-19-11-12-20-33(31)47-41-37(51-40(45)30-17-9-4-10-18-30)36(50-39(44)29-15-7-3-8-16-29)35(34(26-42)48-41)49-38(43)28-13-5-2-6-14-28/h2-24,34-37,41-42H,25-26H2,1H3/t34-,35-,36+,37-,41-/m1/s1. The molecule has 1 saturated heterocycles. The van der Waals surface area contributed by atoms with Gasteiger partial charge in [-0.2, -0.15) is 0 Å². The summed E-state index contributed by atoms with van der Waals surface area (Å²) in [5, 5.41) is 10.6. The molecule has 6 rings (SSSR count). The third-order valence-electron chi connectivity index (χ3n) is 8.30. The lowest BCUT2D eigenvalue weighted by Gasteiger charge is -2.44. The van der Waals surface area contributed by atoms with E-state index >= 15 is 0 Å². The van der Waals surface area contributed by atoms with Crippen molar-refractivity contribution in [1.29, 1.82) is 0 Å². The number of aliphatic hydroxyl groups is 1. The van der Waals surface area contributed by atoms with Crippen LogP contribution >= 0.6 is 0 Å². The van der Waals surface area contributed by atoms with Crippen LogP contribution in [0.3, 0.4) is 0 Å². The van der Waals surface area contributed by atoms with Gasteiger partial charge in [-0.15, -0.1) is 0 Å². The van der Waals surface area contributed by atoms with E-state index in [2.05, 4.69) is 0 Å². The van der Waals surface area contributed by atoms with Crippen molar-refractivity contribution in [3.8, 4) is 11.5 Å². The molecule has 5 atom stereocenters. The Hall–Kier alpha value is -5.97. The normalized spacial score (nSPS) is 19.7. The number of carbonyl (C=O) groups is 3. The summed E-state index contributed by atoms with van der Waals surface area (Å²) in [6.45, 7) is -0.654. The fourth-order valence-corrected chi connectivity index (χ4v) is 5.67. The van der Waals surface area contributed by atoms with Crippen molar-refractivity contribution in [3.63, 3.8) is 0 Å². The number of benzene rings is 5. The maximum absolute atomic E-state index is 13.6. The molecule has 10 nitrogen and oxygen atoms in total. The van der Waals surface area contributed by atoms with Crippen LogP contribution in [0.4, 0.5) is 0 Å². The quantitative estimate of drug-likeness (QED) is 0.122. The van der Waals surface area contributed by atoms with Crippen LogP contribution in [-0.4, -0.2) is 67.4 Å². The van der Waals surface area contributed by atoms with Crippen molar-refractivity contribution >= 4 is 17.9 Å². The average molecular weight is 689 g/mol. The summed E-state index contributed by atoms with van der Waals surface area (Å²) in [4.78, 5) is 40.7. The minimum atomic E-state index is -1.48. The van der Waals surface area contributed by atoms with Crippen molar-refractivity contribution in [3.05, 3.63) is 167 Å². The molecule has 1 fully saturated rings. The number of para-hydroxylation sites is 1. The summed E-state index contributed by atoms with van der Waals surface area (Å²) in [6.07, 6.45) is -6.59. The molecular formula is C41H36O10. The number of carbonyl (C=O) groups excluding carboxylic acids is 3. The Morgan fingerprint density at radius 1 is 0.588 bits per heavy atom. The van der Waals surface area contributed by atoms with E-state index in [4.69, 9.17) is 28.4 Å².